The van der Waals surface area contributed by atoms with Crippen LogP contribution in [-0.4, -0.2) is 22.3 Å². The monoisotopic (exact) mass is 372 g/mol. The van der Waals surface area contributed by atoms with Crippen LogP contribution < -0.4 is 10.6 Å². The third-order valence-electron chi connectivity index (χ3n) is 4.34. The molecule has 0 bridgehead atoms. The second kappa shape index (κ2) is 9.38. The second-order valence-corrected chi connectivity index (χ2v) is 6.42. The maximum atomic E-state index is 8.90. The highest BCUT2D eigenvalue weighted by atomic mass is 15.3. The van der Waals surface area contributed by atoms with Crippen LogP contribution >= 0.6 is 0 Å². The highest BCUT2D eigenvalue weighted by Gasteiger charge is 2.09. The van der Waals surface area contributed by atoms with Crippen LogP contribution in [0.15, 0.2) is 72.0 Å². The van der Waals surface area contributed by atoms with E-state index in [1.54, 1.807) is 6.20 Å². The molecule has 0 aliphatic rings. The molecule has 3 rings (SSSR count). The number of nitriles is 1. The van der Waals surface area contributed by atoms with Crippen molar-refractivity contribution >= 4 is 5.96 Å². The van der Waals surface area contributed by atoms with Gasteiger partial charge in [0.1, 0.15) is 0 Å². The van der Waals surface area contributed by atoms with Crippen molar-refractivity contribution in [2.24, 2.45) is 4.99 Å². The summed E-state index contributed by atoms with van der Waals surface area (Å²) < 4.78 is 1.85. The number of rotatable bonds is 6. The number of aliphatic imine (C=N–C) groups is 1. The minimum atomic E-state index is 0.0780. The van der Waals surface area contributed by atoms with Crippen molar-refractivity contribution < 1.29 is 0 Å². The van der Waals surface area contributed by atoms with E-state index >= 15 is 0 Å². The largest absolute Gasteiger partial charge is 0.357 e. The smallest absolute Gasteiger partial charge is 0.192 e. The topological polar surface area (TPSA) is 78.0 Å². The summed E-state index contributed by atoms with van der Waals surface area (Å²) in [6.45, 7) is 5.47. The molecule has 2 aromatic carbocycles. The fraction of sp³-hybridized carbons (Fsp3) is 0.227. The first-order chi connectivity index (χ1) is 13.7. The number of aromatic nitrogens is 2. The SMILES string of the molecule is CCNC(=NCc1ccc(C#N)cc1)NC(C)c1cccc(-n2cccn2)c1. The Balaban J connectivity index is 1.70. The van der Waals surface area contributed by atoms with Crippen molar-refractivity contribution in [2.75, 3.05) is 6.54 Å². The molecule has 0 fully saturated rings. The number of hydrogen-bond acceptors (Lipinski definition) is 3. The van der Waals surface area contributed by atoms with E-state index in [0.29, 0.717) is 12.1 Å². The minimum absolute atomic E-state index is 0.0780. The molecule has 6 heteroatoms. The van der Waals surface area contributed by atoms with Crippen molar-refractivity contribution in [1.82, 2.24) is 20.4 Å². The Bertz CT molecular complexity index is 951. The maximum absolute atomic E-state index is 8.90. The molecule has 28 heavy (non-hydrogen) atoms. The van der Waals surface area contributed by atoms with Gasteiger partial charge in [-0.25, -0.2) is 9.67 Å². The van der Waals surface area contributed by atoms with Gasteiger partial charge in [-0.3, -0.25) is 0 Å². The quantitative estimate of drug-likeness (QED) is 0.512. The van der Waals surface area contributed by atoms with Crippen LogP contribution in [0, 0.1) is 11.3 Å². The Morgan fingerprint density at radius 2 is 2.04 bits per heavy atom. The minimum Gasteiger partial charge on any atom is -0.357 e. The maximum Gasteiger partial charge on any atom is 0.192 e. The molecule has 1 atom stereocenters. The van der Waals surface area contributed by atoms with Gasteiger partial charge >= 0.3 is 0 Å². The lowest BCUT2D eigenvalue weighted by Crippen LogP contribution is -2.38. The summed E-state index contributed by atoms with van der Waals surface area (Å²) in [5, 5.41) is 19.9. The molecule has 3 aromatic rings. The number of hydrogen-bond donors (Lipinski definition) is 2. The molecule has 0 radical (unpaired) electrons. The Hall–Kier alpha value is -3.59. The van der Waals surface area contributed by atoms with Gasteiger partial charge in [0.15, 0.2) is 5.96 Å². The highest BCUT2D eigenvalue weighted by Crippen LogP contribution is 2.16. The molecule has 1 unspecified atom stereocenters. The van der Waals surface area contributed by atoms with Gasteiger partial charge in [-0.05, 0) is 55.3 Å². The first kappa shape index (κ1) is 19.2. The van der Waals surface area contributed by atoms with E-state index in [2.05, 4.69) is 45.9 Å². The summed E-state index contributed by atoms with van der Waals surface area (Å²) in [4.78, 5) is 4.67. The van der Waals surface area contributed by atoms with Crippen LogP contribution in [0.2, 0.25) is 0 Å². The van der Waals surface area contributed by atoms with Gasteiger partial charge in [0, 0.05) is 18.9 Å². The highest BCUT2D eigenvalue weighted by molar-refractivity contribution is 5.80. The predicted molar refractivity (Wildman–Crippen MR) is 111 cm³/mol. The lowest BCUT2D eigenvalue weighted by molar-refractivity contribution is 0.685. The third-order valence-corrected chi connectivity index (χ3v) is 4.34. The first-order valence-electron chi connectivity index (χ1n) is 9.33. The summed E-state index contributed by atoms with van der Waals surface area (Å²) in [7, 11) is 0. The third kappa shape index (κ3) is 4.98. The zero-order valence-electron chi connectivity index (χ0n) is 16.1. The molecule has 0 amide bonds. The van der Waals surface area contributed by atoms with Gasteiger partial charge in [0.2, 0.25) is 0 Å². The van der Waals surface area contributed by atoms with Crippen molar-refractivity contribution in [2.45, 2.75) is 26.4 Å². The molecule has 1 heterocycles. The van der Waals surface area contributed by atoms with Crippen LogP contribution in [0.5, 0.6) is 0 Å². The van der Waals surface area contributed by atoms with Gasteiger partial charge < -0.3 is 10.6 Å². The standard InChI is InChI=1S/C22H24N6/c1-3-24-22(25-16-19-10-8-18(15-23)9-11-19)27-17(2)20-6-4-7-21(14-20)28-13-5-12-26-28/h4-14,17H,3,16H2,1-2H3,(H2,24,25,27). The van der Waals surface area contributed by atoms with E-state index < -0.39 is 0 Å². The van der Waals surface area contributed by atoms with E-state index in [4.69, 9.17) is 5.26 Å². The normalized spacial score (nSPS) is 12.2. The van der Waals surface area contributed by atoms with E-state index in [1.165, 1.54) is 0 Å². The van der Waals surface area contributed by atoms with Gasteiger partial charge in [0.25, 0.3) is 0 Å². The van der Waals surface area contributed by atoms with Gasteiger partial charge in [-0.15, -0.1) is 0 Å². The van der Waals surface area contributed by atoms with Crippen LogP contribution in [0.1, 0.15) is 36.6 Å². The lowest BCUT2D eigenvalue weighted by atomic mass is 10.1. The average Bonchev–Trinajstić information content (AvgIpc) is 3.27. The van der Waals surface area contributed by atoms with Crippen molar-refractivity contribution in [3.63, 3.8) is 0 Å². The fourth-order valence-corrected chi connectivity index (χ4v) is 2.82. The number of benzene rings is 2. The van der Waals surface area contributed by atoms with Crippen LogP contribution in [0.25, 0.3) is 5.69 Å². The van der Waals surface area contributed by atoms with Crippen LogP contribution in [-0.2, 0) is 6.54 Å². The fourth-order valence-electron chi connectivity index (χ4n) is 2.82. The summed E-state index contributed by atoms with van der Waals surface area (Å²) in [5.41, 5.74) is 3.89. The first-order valence-corrected chi connectivity index (χ1v) is 9.33. The zero-order chi connectivity index (χ0) is 19.8. The van der Waals surface area contributed by atoms with Crippen LogP contribution in [0.4, 0.5) is 0 Å². The Labute approximate surface area is 165 Å². The molecule has 0 aliphatic carbocycles. The van der Waals surface area contributed by atoms with Gasteiger partial charge in [-0.2, -0.15) is 10.4 Å². The summed E-state index contributed by atoms with van der Waals surface area (Å²) in [6, 6.07) is 19.9. The Morgan fingerprint density at radius 1 is 1.21 bits per heavy atom. The molecule has 0 spiro atoms. The lowest BCUT2D eigenvalue weighted by Gasteiger charge is -2.19. The molecule has 6 nitrogen and oxygen atoms in total. The van der Waals surface area contributed by atoms with E-state index in [-0.39, 0.29) is 6.04 Å². The van der Waals surface area contributed by atoms with E-state index in [0.717, 1.165) is 29.3 Å². The molecule has 0 saturated carbocycles. The number of nitrogens with one attached hydrogen (secondary N) is 2. The van der Waals surface area contributed by atoms with Crippen molar-refractivity contribution in [3.05, 3.63) is 83.7 Å². The van der Waals surface area contributed by atoms with Crippen molar-refractivity contribution in [3.8, 4) is 11.8 Å². The van der Waals surface area contributed by atoms with E-state index in [1.807, 2.05) is 60.3 Å². The molecular formula is C22H24N6. The Morgan fingerprint density at radius 3 is 2.71 bits per heavy atom. The van der Waals surface area contributed by atoms with Crippen LogP contribution in [0.3, 0.4) is 0 Å². The summed E-state index contributed by atoms with van der Waals surface area (Å²) in [6.07, 6.45) is 3.70. The molecule has 0 aliphatic heterocycles. The van der Waals surface area contributed by atoms with Gasteiger partial charge in [-0.1, -0.05) is 24.3 Å². The zero-order valence-corrected chi connectivity index (χ0v) is 16.1. The summed E-state index contributed by atoms with van der Waals surface area (Å²) in [5.74, 6) is 0.754. The number of guanidine groups is 1. The average molecular weight is 372 g/mol. The molecule has 1 aromatic heterocycles. The molecule has 2 N–H and O–H groups in total. The van der Waals surface area contributed by atoms with Crippen molar-refractivity contribution in [1.29, 1.82) is 5.26 Å². The second-order valence-electron chi connectivity index (χ2n) is 6.42. The number of nitrogens with zero attached hydrogens (tertiary/aromatic N) is 4. The molecular weight excluding hydrogens is 348 g/mol. The van der Waals surface area contributed by atoms with E-state index in [9.17, 15) is 0 Å². The molecule has 0 saturated heterocycles. The van der Waals surface area contributed by atoms with Gasteiger partial charge in [0.05, 0.1) is 29.9 Å². The summed E-state index contributed by atoms with van der Waals surface area (Å²) >= 11 is 0. The Kier molecular flexibility index (Phi) is 6.42. The molecule has 142 valence electrons. The predicted octanol–water partition coefficient (Wildman–Crippen LogP) is 3.56.